The van der Waals surface area contributed by atoms with Gasteiger partial charge in [0.1, 0.15) is 11.5 Å². The molecule has 1 amide bonds. The van der Waals surface area contributed by atoms with Crippen LogP contribution in [-0.2, 0) is 11.2 Å². The number of rotatable bonds is 7. The number of methoxy groups -OCH3 is 1. The summed E-state index contributed by atoms with van der Waals surface area (Å²) in [6.07, 6.45) is 1.82. The minimum Gasteiger partial charge on any atom is -0.497 e. The fourth-order valence-electron chi connectivity index (χ4n) is 3.25. The molecule has 8 heteroatoms. The number of halogens is 1. The van der Waals surface area contributed by atoms with Gasteiger partial charge in [-0.2, -0.15) is 0 Å². The maximum Gasteiger partial charge on any atom is 0.228 e. The van der Waals surface area contributed by atoms with Crippen LogP contribution < -0.4 is 19.9 Å². The zero-order chi connectivity index (χ0) is 22.5. The molecule has 32 heavy (non-hydrogen) atoms. The van der Waals surface area contributed by atoms with Gasteiger partial charge in [0.2, 0.25) is 11.8 Å². The third-order valence-corrected chi connectivity index (χ3v) is 5.76. The molecule has 0 saturated heterocycles. The van der Waals surface area contributed by atoms with E-state index in [1.165, 1.54) is 0 Å². The minimum atomic E-state index is -0.188. The smallest absolute Gasteiger partial charge is 0.228 e. The Hall–Kier alpha value is -3.26. The van der Waals surface area contributed by atoms with Crippen LogP contribution in [0.15, 0.2) is 77.8 Å². The number of amides is 1. The van der Waals surface area contributed by atoms with E-state index in [1.807, 2.05) is 48.5 Å². The van der Waals surface area contributed by atoms with E-state index < -0.39 is 0 Å². The topological polar surface area (TPSA) is 86.5 Å². The lowest BCUT2D eigenvalue weighted by atomic mass is 10.1. The molecule has 6 nitrogen and oxygen atoms in total. The number of nitrogens with one attached hydrogen (secondary N) is 1. The Kier molecular flexibility index (Phi) is 6.80. The first-order valence-corrected chi connectivity index (χ1v) is 11.0. The predicted molar refractivity (Wildman–Crippen MR) is 129 cm³/mol. The monoisotopic (exact) mass is 465 g/mol. The summed E-state index contributed by atoms with van der Waals surface area (Å²) in [6, 6.07) is 20.0. The lowest BCUT2D eigenvalue weighted by Crippen LogP contribution is -2.14. The Balaban J connectivity index is 1.64. The molecule has 0 unspecified atom stereocenters. The SMILES string of the molecule is COc1ccc(Oc2nccc3c(SN)cc(NC(=O)Cc4ccccc4Cl)cc23)cc1. The largest absolute Gasteiger partial charge is 0.497 e. The number of pyridine rings is 1. The van der Waals surface area contributed by atoms with Gasteiger partial charge in [-0.25, -0.2) is 4.98 Å². The van der Waals surface area contributed by atoms with Crippen molar-refractivity contribution in [3.05, 3.63) is 83.5 Å². The molecule has 1 heterocycles. The van der Waals surface area contributed by atoms with Gasteiger partial charge in [0, 0.05) is 32.6 Å². The molecular formula is C24H20ClN3O3S. The zero-order valence-corrected chi connectivity index (χ0v) is 18.7. The second kappa shape index (κ2) is 9.91. The zero-order valence-electron chi connectivity index (χ0n) is 17.2. The number of hydrogen-bond donors (Lipinski definition) is 2. The van der Waals surface area contributed by atoms with Gasteiger partial charge < -0.3 is 14.8 Å². The molecule has 0 aliphatic carbocycles. The number of carbonyl (C=O) groups excluding carboxylic acids is 1. The highest BCUT2D eigenvalue weighted by Crippen LogP contribution is 2.35. The normalized spacial score (nSPS) is 10.7. The molecule has 1 aromatic heterocycles. The van der Waals surface area contributed by atoms with Crippen molar-refractivity contribution in [2.24, 2.45) is 5.14 Å². The first kappa shape index (κ1) is 22.0. The summed E-state index contributed by atoms with van der Waals surface area (Å²) in [4.78, 5) is 17.8. The standard InChI is InChI=1S/C24H20ClN3O3S/c1-30-17-6-8-18(9-7-17)31-24-20-13-16(14-22(32-26)19(20)10-11-27-24)28-23(29)12-15-4-2-3-5-21(15)25/h2-11,13-14H,12,26H2,1H3,(H,28,29). The number of nitrogens with zero attached hydrogens (tertiary/aromatic N) is 1. The van der Waals surface area contributed by atoms with E-state index in [9.17, 15) is 4.79 Å². The van der Waals surface area contributed by atoms with Crippen LogP contribution in [0.25, 0.3) is 10.8 Å². The number of carbonyl (C=O) groups is 1. The fourth-order valence-corrected chi connectivity index (χ4v) is 3.95. The number of hydrogen-bond acceptors (Lipinski definition) is 6. The molecule has 0 spiro atoms. The van der Waals surface area contributed by atoms with E-state index in [4.69, 9.17) is 26.2 Å². The number of nitrogens with two attached hydrogens (primary N) is 1. The van der Waals surface area contributed by atoms with Crippen molar-refractivity contribution in [2.75, 3.05) is 12.4 Å². The molecule has 162 valence electrons. The number of aromatic nitrogens is 1. The van der Waals surface area contributed by atoms with Gasteiger partial charge in [-0.1, -0.05) is 29.8 Å². The Bertz CT molecular complexity index is 1270. The maximum absolute atomic E-state index is 12.6. The Morgan fingerprint density at radius 2 is 1.81 bits per heavy atom. The highest BCUT2D eigenvalue weighted by molar-refractivity contribution is 7.97. The Morgan fingerprint density at radius 3 is 2.53 bits per heavy atom. The van der Waals surface area contributed by atoms with Crippen LogP contribution in [-0.4, -0.2) is 18.0 Å². The summed E-state index contributed by atoms with van der Waals surface area (Å²) in [5, 5.41) is 11.0. The van der Waals surface area contributed by atoms with Crippen LogP contribution in [0.3, 0.4) is 0 Å². The number of fused-ring (bicyclic) bond motifs is 1. The van der Waals surface area contributed by atoms with Crippen molar-refractivity contribution >= 4 is 45.9 Å². The molecule has 0 saturated carbocycles. The molecule has 0 radical (unpaired) electrons. The summed E-state index contributed by atoms with van der Waals surface area (Å²) in [5.41, 5.74) is 1.35. The van der Waals surface area contributed by atoms with Gasteiger partial charge in [0.05, 0.1) is 13.5 Å². The minimum absolute atomic E-state index is 0.158. The van der Waals surface area contributed by atoms with Crippen LogP contribution in [0.1, 0.15) is 5.56 Å². The van der Waals surface area contributed by atoms with E-state index >= 15 is 0 Å². The number of ether oxygens (including phenoxy) is 2. The lowest BCUT2D eigenvalue weighted by Gasteiger charge is -2.13. The fraction of sp³-hybridized carbons (Fsp3) is 0.0833. The summed E-state index contributed by atoms with van der Waals surface area (Å²) >= 11 is 7.28. The molecule has 0 aliphatic rings. The number of benzene rings is 3. The summed E-state index contributed by atoms with van der Waals surface area (Å²) < 4.78 is 11.2. The third kappa shape index (κ3) is 4.96. The lowest BCUT2D eigenvalue weighted by molar-refractivity contribution is -0.115. The van der Waals surface area contributed by atoms with E-state index in [-0.39, 0.29) is 12.3 Å². The van der Waals surface area contributed by atoms with Gasteiger partial charge in [-0.15, -0.1) is 0 Å². The van der Waals surface area contributed by atoms with Crippen molar-refractivity contribution in [3.63, 3.8) is 0 Å². The first-order chi connectivity index (χ1) is 15.6. The highest BCUT2D eigenvalue weighted by atomic mass is 35.5. The van der Waals surface area contributed by atoms with Crippen LogP contribution in [0.4, 0.5) is 5.69 Å². The molecule has 0 aliphatic heterocycles. The van der Waals surface area contributed by atoms with E-state index in [0.29, 0.717) is 22.3 Å². The van der Waals surface area contributed by atoms with Gasteiger partial charge in [-0.05, 0) is 66.0 Å². The molecule has 3 aromatic carbocycles. The molecule has 0 bridgehead atoms. The second-order valence-electron chi connectivity index (χ2n) is 6.90. The first-order valence-electron chi connectivity index (χ1n) is 9.72. The van der Waals surface area contributed by atoms with Gasteiger partial charge >= 0.3 is 0 Å². The Labute approximate surface area is 194 Å². The molecule has 4 aromatic rings. The summed E-state index contributed by atoms with van der Waals surface area (Å²) in [6.45, 7) is 0. The number of anilines is 1. The highest BCUT2D eigenvalue weighted by Gasteiger charge is 2.13. The molecule has 0 fully saturated rings. The molecule has 4 rings (SSSR count). The second-order valence-corrected chi connectivity index (χ2v) is 7.98. The van der Waals surface area contributed by atoms with E-state index in [2.05, 4.69) is 10.3 Å². The van der Waals surface area contributed by atoms with E-state index in [1.54, 1.807) is 31.5 Å². The predicted octanol–water partition coefficient (Wildman–Crippen LogP) is 5.84. The van der Waals surface area contributed by atoms with Gasteiger partial charge in [0.25, 0.3) is 0 Å². The average Bonchev–Trinajstić information content (AvgIpc) is 2.81. The van der Waals surface area contributed by atoms with E-state index in [0.717, 1.165) is 38.9 Å². The molecule has 3 N–H and O–H groups in total. The van der Waals surface area contributed by atoms with Crippen LogP contribution in [0.5, 0.6) is 17.4 Å². The molecule has 0 atom stereocenters. The van der Waals surface area contributed by atoms with Crippen LogP contribution in [0, 0.1) is 0 Å². The quantitative estimate of drug-likeness (QED) is 0.333. The van der Waals surface area contributed by atoms with Crippen LogP contribution in [0.2, 0.25) is 5.02 Å². The van der Waals surface area contributed by atoms with Gasteiger partial charge in [0.15, 0.2) is 0 Å². The summed E-state index contributed by atoms with van der Waals surface area (Å²) in [5.74, 6) is 1.56. The van der Waals surface area contributed by atoms with Crippen molar-refractivity contribution in [1.29, 1.82) is 0 Å². The van der Waals surface area contributed by atoms with Crippen molar-refractivity contribution in [1.82, 2.24) is 4.98 Å². The van der Waals surface area contributed by atoms with Gasteiger partial charge in [-0.3, -0.25) is 9.93 Å². The maximum atomic E-state index is 12.6. The summed E-state index contributed by atoms with van der Waals surface area (Å²) in [7, 11) is 1.61. The average molecular weight is 466 g/mol. The van der Waals surface area contributed by atoms with Crippen molar-refractivity contribution < 1.29 is 14.3 Å². The molecular weight excluding hydrogens is 446 g/mol. The third-order valence-electron chi connectivity index (χ3n) is 4.80. The van der Waals surface area contributed by atoms with Crippen LogP contribution >= 0.6 is 23.5 Å². The Morgan fingerprint density at radius 1 is 1.06 bits per heavy atom. The van der Waals surface area contributed by atoms with Crippen molar-refractivity contribution in [2.45, 2.75) is 11.3 Å². The van der Waals surface area contributed by atoms with Crippen molar-refractivity contribution in [3.8, 4) is 17.4 Å².